The van der Waals surface area contributed by atoms with E-state index in [1.807, 2.05) is 72.8 Å². The molecule has 0 amide bonds. The molecule has 2 atom stereocenters. The molecule has 0 saturated carbocycles. The van der Waals surface area contributed by atoms with Crippen LogP contribution in [0.2, 0.25) is 0 Å². The molecule has 0 fully saturated rings. The van der Waals surface area contributed by atoms with Crippen molar-refractivity contribution in [1.82, 2.24) is 5.32 Å². The first-order valence-electron chi connectivity index (χ1n) is 12.3. The number of β-amino-alcohol motifs (C(OH)–C–C–N with tert-alkyl or cyclic N) is 1. The molecule has 0 aliphatic carbocycles. The number of nitrogens with one attached hydrogen (secondary N) is 1. The van der Waals surface area contributed by atoms with E-state index in [1.54, 1.807) is 12.1 Å². The minimum Gasteiger partial charge on any atom is -0.489 e. The number of ether oxygens (including phenoxy) is 2. The zero-order chi connectivity index (χ0) is 25.1. The van der Waals surface area contributed by atoms with Crippen LogP contribution in [-0.2, 0) is 17.8 Å². The zero-order valence-electron chi connectivity index (χ0n) is 20.9. The second-order valence-electron chi connectivity index (χ2n) is 9.45. The molecule has 0 saturated heterocycles. The molecule has 0 aromatic heterocycles. The molecule has 35 heavy (non-hydrogen) atoms. The van der Waals surface area contributed by atoms with E-state index in [4.69, 9.17) is 9.47 Å². The number of aliphatic hydroxyl groups excluding tert-OH is 1. The van der Waals surface area contributed by atoms with Crippen LogP contribution in [0.4, 0.5) is 0 Å². The lowest BCUT2D eigenvalue weighted by atomic mass is 9.99. The normalized spacial score (nSPS) is 13.3. The molecule has 2 unspecified atom stereocenters. The van der Waals surface area contributed by atoms with Crippen LogP contribution in [0.15, 0.2) is 84.9 Å². The van der Waals surface area contributed by atoms with E-state index in [-0.39, 0.29) is 17.9 Å². The summed E-state index contributed by atoms with van der Waals surface area (Å²) < 4.78 is 12.0. The molecule has 2 N–H and O–H groups in total. The third-order valence-corrected chi connectivity index (χ3v) is 6.11. The number of hydrogen-bond donors (Lipinski definition) is 2. The van der Waals surface area contributed by atoms with Gasteiger partial charge in [-0.2, -0.15) is 0 Å². The number of rotatable bonds is 14. The van der Waals surface area contributed by atoms with Gasteiger partial charge in [0, 0.05) is 24.1 Å². The summed E-state index contributed by atoms with van der Waals surface area (Å²) in [5.41, 5.74) is 2.55. The Bertz CT molecular complexity index is 1040. The van der Waals surface area contributed by atoms with Gasteiger partial charge in [0.05, 0.1) is 12.7 Å². The number of benzene rings is 3. The molecule has 0 aliphatic rings. The van der Waals surface area contributed by atoms with Crippen LogP contribution in [0.5, 0.6) is 5.75 Å². The Morgan fingerprint density at radius 2 is 1.60 bits per heavy atom. The maximum Gasteiger partial charge on any atom is 0.191 e. The summed E-state index contributed by atoms with van der Waals surface area (Å²) in [5.74, 6) is 0.638. The Morgan fingerprint density at radius 3 is 2.29 bits per heavy atom. The topological polar surface area (TPSA) is 67.8 Å². The minimum absolute atomic E-state index is 0.0690. The van der Waals surface area contributed by atoms with Gasteiger partial charge in [0.25, 0.3) is 0 Å². The second-order valence-corrected chi connectivity index (χ2v) is 9.45. The molecule has 186 valence electrons. The number of Topliss-reactive ketones (excluding diaryl/α,β-unsaturated/α-hetero) is 1. The lowest BCUT2D eigenvalue weighted by Gasteiger charge is -2.27. The fraction of sp³-hybridized carbons (Fsp3) is 0.367. The van der Waals surface area contributed by atoms with Crippen molar-refractivity contribution in [3.8, 4) is 5.75 Å². The first-order valence-corrected chi connectivity index (χ1v) is 12.3. The maximum absolute atomic E-state index is 13.3. The van der Waals surface area contributed by atoms with Crippen molar-refractivity contribution in [2.45, 2.75) is 58.0 Å². The van der Waals surface area contributed by atoms with Gasteiger partial charge < -0.3 is 19.9 Å². The summed E-state index contributed by atoms with van der Waals surface area (Å²) in [6.45, 7) is 7.23. The number of carbonyl (C=O) groups excluding carboxylic acids is 1. The van der Waals surface area contributed by atoms with Gasteiger partial charge in [0.2, 0.25) is 0 Å². The lowest BCUT2D eigenvalue weighted by Crippen LogP contribution is -2.44. The van der Waals surface area contributed by atoms with Gasteiger partial charge in [-0.3, -0.25) is 4.79 Å². The van der Waals surface area contributed by atoms with Crippen molar-refractivity contribution in [1.29, 1.82) is 0 Å². The van der Waals surface area contributed by atoms with E-state index in [0.717, 1.165) is 23.3 Å². The zero-order valence-corrected chi connectivity index (χ0v) is 20.9. The molecule has 0 bridgehead atoms. The molecule has 0 heterocycles. The fourth-order valence-electron chi connectivity index (χ4n) is 3.54. The SMILES string of the molecule is CCC(C)(C)NCC(O)COC(Cc1cccc(OCc2ccccc2)c1)C(=O)c1ccccc1. The van der Waals surface area contributed by atoms with E-state index < -0.39 is 12.2 Å². The first kappa shape index (κ1) is 26.6. The van der Waals surface area contributed by atoms with Crippen LogP contribution in [0.1, 0.15) is 48.7 Å². The van der Waals surface area contributed by atoms with E-state index in [2.05, 4.69) is 26.1 Å². The summed E-state index contributed by atoms with van der Waals surface area (Å²) in [6, 6.07) is 26.9. The Hall–Kier alpha value is -2.99. The van der Waals surface area contributed by atoms with Crippen molar-refractivity contribution < 1.29 is 19.4 Å². The molecule has 5 nitrogen and oxygen atoms in total. The summed E-state index contributed by atoms with van der Waals surface area (Å²) in [5, 5.41) is 13.8. The largest absolute Gasteiger partial charge is 0.489 e. The monoisotopic (exact) mass is 475 g/mol. The number of ketones is 1. The molecular weight excluding hydrogens is 438 g/mol. The lowest BCUT2D eigenvalue weighted by molar-refractivity contribution is -0.00358. The van der Waals surface area contributed by atoms with Crippen LogP contribution in [0, 0.1) is 0 Å². The van der Waals surface area contributed by atoms with Crippen LogP contribution >= 0.6 is 0 Å². The Labute approximate surface area is 209 Å². The highest BCUT2D eigenvalue weighted by Crippen LogP contribution is 2.19. The van der Waals surface area contributed by atoms with Crippen LogP contribution in [0.3, 0.4) is 0 Å². The summed E-state index contributed by atoms with van der Waals surface area (Å²) in [7, 11) is 0. The van der Waals surface area contributed by atoms with Gasteiger partial charge >= 0.3 is 0 Å². The summed E-state index contributed by atoms with van der Waals surface area (Å²) >= 11 is 0. The van der Waals surface area contributed by atoms with Gasteiger partial charge in [-0.05, 0) is 43.5 Å². The van der Waals surface area contributed by atoms with Gasteiger partial charge in [-0.1, -0.05) is 79.7 Å². The quantitative estimate of drug-likeness (QED) is 0.313. The number of carbonyl (C=O) groups is 1. The van der Waals surface area contributed by atoms with E-state index in [9.17, 15) is 9.90 Å². The van der Waals surface area contributed by atoms with E-state index >= 15 is 0 Å². The average molecular weight is 476 g/mol. The summed E-state index contributed by atoms with van der Waals surface area (Å²) in [4.78, 5) is 13.3. The Balaban J connectivity index is 1.66. The molecule has 0 aliphatic heterocycles. The van der Waals surface area contributed by atoms with Crippen molar-refractivity contribution in [2.75, 3.05) is 13.2 Å². The van der Waals surface area contributed by atoms with Gasteiger partial charge in [-0.25, -0.2) is 0 Å². The summed E-state index contributed by atoms with van der Waals surface area (Å²) in [6.07, 6.45) is -0.0991. The Kier molecular flexibility index (Phi) is 10.0. The van der Waals surface area contributed by atoms with Crippen molar-refractivity contribution in [2.24, 2.45) is 0 Å². The minimum atomic E-state index is -0.715. The van der Waals surface area contributed by atoms with Crippen molar-refractivity contribution >= 4 is 5.78 Å². The number of aliphatic hydroxyl groups is 1. The van der Waals surface area contributed by atoms with Crippen LogP contribution in [-0.4, -0.2) is 41.8 Å². The molecule has 0 spiro atoms. The molecule has 3 aromatic carbocycles. The highest BCUT2D eigenvalue weighted by atomic mass is 16.5. The van der Waals surface area contributed by atoms with Gasteiger partial charge in [-0.15, -0.1) is 0 Å². The predicted octanol–water partition coefficient (Wildman–Crippen LogP) is 5.22. The standard InChI is InChI=1S/C30H37NO4/c1-4-30(2,3)31-20-26(32)22-35-28(29(33)25-15-9-6-10-16-25)19-24-14-11-17-27(18-24)34-21-23-12-7-5-8-13-23/h5-18,26,28,31-32H,4,19-22H2,1-3H3. The third kappa shape index (κ3) is 8.95. The molecule has 3 aromatic rings. The fourth-order valence-corrected chi connectivity index (χ4v) is 3.54. The van der Waals surface area contributed by atoms with Crippen molar-refractivity contribution in [3.63, 3.8) is 0 Å². The maximum atomic E-state index is 13.3. The molecule has 5 heteroatoms. The second kappa shape index (κ2) is 13.2. The highest BCUT2D eigenvalue weighted by Gasteiger charge is 2.23. The third-order valence-electron chi connectivity index (χ3n) is 6.11. The van der Waals surface area contributed by atoms with Gasteiger partial charge in [0.15, 0.2) is 5.78 Å². The van der Waals surface area contributed by atoms with E-state index in [1.165, 1.54) is 0 Å². The number of hydrogen-bond acceptors (Lipinski definition) is 5. The molecule has 3 rings (SSSR count). The predicted molar refractivity (Wildman–Crippen MR) is 140 cm³/mol. The average Bonchev–Trinajstić information content (AvgIpc) is 2.89. The molecular formula is C30H37NO4. The van der Waals surface area contributed by atoms with Gasteiger partial charge in [0.1, 0.15) is 18.5 Å². The highest BCUT2D eigenvalue weighted by molar-refractivity contribution is 5.99. The Morgan fingerprint density at radius 1 is 0.943 bits per heavy atom. The van der Waals surface area contributed by atoms with Crippen LogP contribution < -0.4 is 10.1 Å². The molecule has 0 radical (unpaired) electrons. The van der Waals surface area contributed by atoms with Crippen molar-refractivity contribution in [3.05, 3.63) is 102 Å². The van der Waals surface area contributed by atoms with E-state index in [0.29, 0.717) is 25.1 Å². The first-order chi connectivity index (χ1) is 16.9. The van der Waals surface area contributed by atoms with Crippen LogP contribution in [0.25, 0.3) is 0 Å². The smallest absolute Gasteiger partial charge is 0.191 e.